The van der Waals surface area contributed by atoms with Crippen LogP contribution in [0.25, 0.3) is 11.1 Å². The van der Waals surface area contributed by atoms with Crippen molar-refractivity contribution in [2.24, 2.45) is 0 Å². The lowest BCUT2D eigenvalue weighted by Gasteiger charge is -2.31. The fourth-order valence-corrected chi connectivity index (χ4v) is 3.40. The van der Waals surface area contributed by atoms with Gasteiger partial charge in [-0.15, -0.1) is 0 Å². The van der Waals surface area contributed by atoms with Crippen LogP contribution >= 0.6 is 11.6 Å². The molecule has 24 heavy (non-hydrogen) atoms. The highest BCUT2D eigenvalue weighted by molar-refractivity contribution is 6.28. The fourth-order valence-electron chi connectivity index (χ4n) is 3.23. The number of hydrogen-bond donors (Lipinski definition) is 0. The van der Waals surface area contributed by atoms with Gasteiger partial charge in [-0.05, 0) is 18.6 Å². The maximum absolute atomic E-state index is 6.12. The van der Waals surface area contributed by atoms with Crippen molar-refractivity contribution in [2.45, 2.75) is 6.54 Å². The summed E-state index contributed by atoms with van der Waals surface area (Å²) in [5, 5.41) is 0.260. The molecule has 2 aliphatic heterocycles. The second kappa shape index (κ2) is 6.84. The molecule has 4 heterocycles. The Morgan fingerprint density at radius 3 is 2.58 bits per heavy atom. The number of nitrogens with zero attached hydrogens (tertiary/aromatic N) is 5. The van der Waals surface area contributed by atoms with E-state index in [4.69, 9.17) is 20.8 Å². The average molecular weight is 352 g/mol. The largest absolute Gasteiger partial charge is 0.454 e. The molecule has 0 spiro atoms. The number of piperazine rings is 1. The topological polar surface area (TPSA) is 57.9 Å². The van der Waals surface area contributed by atoms with Crippen LogP contribution in [0.1, 0.15) is 5.76 Å². The molecule has 2 aliphatic rings. The van der Waals surface area contributed by atoms with Crippen LogP contribution in [0.4, 0.5) is 5.82 Å². The number of ether oxygens (including phenoxy) is 1. The summed E-state index contributed by atoms with van der Waals surface area (Å²) in [5.74, 6) is 1.69. The van der Waals surface area contributed by atoms with Crippen LogP contribution in [0.15, 0.2) is 10.5 Å². The molecule has 2 aromatic rings. The molecule has 0 unspecified atom stereocenters. The molecule has 8 heteroatoms. The minimum atomic E-state index is 0.260. The first kappa shape index (κ1) is 16.1. The summed E-state index contributed by atoms with van der Waals surface area (Å²) in [4.78, 5) is 15.6. The number of hydrogen-bond acceptors (Lipinski definition) is 7. The molecule has 0 bridgehead atoms. The zero-order valence-corrected chi connectivity index (χ0v) is 14.6. The molecular weight excluding hydrogens is 330 g/mol. The smallest absolute Gasteiger partial charge is 0.225 e. The van der Waals surface area contributed by atoms with Gasteiger partial charge in [-0.1, -0.05) is 0 Å². The summed E-state index contributed by atoms with van der Waals surface area (Å²) in [6.45, 7) is 8.04. The number of morpholine rings is 1. The Bertz CT molecular complexity index is 708. The highest BCUT2D eigenvalue weighted by atomic mass is 35.5. The van der Waals surface area contributed by atoms with E-state index in [2.05, 4.69) is 31.7 Å². The molecule has 0 atom stereocenters. The number of halogens is 1. The third-order valence-electron chi connectivity index (χ3n) is 4.66. The third-order valence-corrected chi connectivity index (χ3v) is 4.83. The number of rotatable bonds is 3. The first-order valence-corrected chi connectivity index (χ1v) is 8.76. The van der Waals surface area contributed by atoms with E-state index in [9.17, 15) is 0 Å². The molecule has 130 valence electrons. The third kappa shape index (κ3) is 3.35. The highest BCUT2D eigenvalue weighted by Gasteiger charge is 2.22. The van der Waals surface area contributed by atoms with Crippen LogP contribution in [0, 0.1) is 0 Å². The van der Waals surface area contributed by atoms with E-state index in [1.54, 1.807) is 0 Å². The van der Waals surface area contributed by atoms with Gasteiger partial charge >= 0.3 is 0 Å². The fraction of sp³-hybridized carbons (Fsp3) is 0.625. The standard InChI is InChI=1S/C16H22ClN5O2/c1-20-2-4-21(5-3-20)11-12-10-13-14(24-12)15(19-16(17)18-13)22-6-8-23-9-7-22/h10H,2-9,11H2,1H3. The van der Waals surface area contributed by atoms with E-state index in [-0.39, 0.29) is 5.28 Å². The first-order valence-electron chi connectivity index (χ1n) is 8.38. The van der Waals surface area contributed by atoms with Crippen molar-refractivity contribution in [1.29, 1.82) is 0 Å². The minimum absolute atomic E-state index is 0.260. The summed E-state index contributed by atoms with van der Waals surface area (Å²) in [6.07, 6.45) is 0. The highest BCUT2D eigenvalue weighted by Crippen LogP contribution is 2.29. The maximum atomic E-state index is 6.12. The summed E-state index contributed by atoms with van der Waals surface area (Å²) < 4.78 is 11.5. The van der Waals surface area contributed by atoms with Crippen molar-refractivity contribution in [3.05, 3.63) is 17.1 Å². The Balaban J connectivity index is 1.59. The quantitative estimate of drug-likeness (QED) is 0.776. The van der Waals surface area contributed by atoms with Gasteiger partial charge in [-0.25, -0.2) is 4.98 Å². The average Bonchev–Trinajstić information content (AvgIpc) is 2.99. The van der Waals surface area contributed by atoms with E-state index in [0.717, 1.165) is 68.5 Å². The van der Waals surface area contributed by atoms with Crippen molar-refractivity contribution in [1.82, 2.24) is 19.8 Å². The molecule has 0 aliphatic carbocycles. The Morgan fingerprint density at radius 2 is 1.83 bits per heavy atom. The summed E-state index contributed by atoms with van der Waals surface area (Å²) in [5.41, 5.74) is 1.51. The lowest BCUT2D eigenvalue weighted by Crippen LogP contribution is -2.43. The van der Waals surface area contributed by atoms with Gasteiger partial charge in [0.2, 0.25) is 5.28 Å². The summed E-state index contributed by atoms with van der Waals surface area (Å²) >= 11 is 6.12. The monoisotopic (exact) mass is 351 g/mol. The second-order valence-corrected chi connectivity index (χ2v) is 6.76. The molecule has 0 N–H and O–H groups in total. The number of anilines is 1. The van der Waals surface area contributed by atoms with Crippen molar-refractivity contribution in [3.63, 3.8) is 0 Å². The molecule has 0 radical (unpaired) electrons. The molecule has 2 saturated heterocycles. The predicted octanol–water partition coefficient (Wildman–Crippen LogP) is 1.46. The van der Waals surface area contributed by atoms with Crippen LogP contribution in [0.2, 0.25) is 5.28 Å². The van der Waals surface area contributed by atoms with Gasteiger partial charge in [0.15, 0.2) is 11.4 Å². The van der Waals surface area contributed by atoms with Crippen LogP contribution in [0.3, 0.4) is 0 Å². The van der Waals surface area contributed by atoms with Gasteiger partial charge in [-0.3, -0.25) is 4.90 Å². The van der Waals surface area contributed by atoms with Crippen LogP contribution in [0.5, 0.6) is 0 Å². The van der Waals surface area contributed by atoms with E-state index in [1.165, 1.54) is 0 Å². The van der Waals surface area contributed by atoms with E-state index in [0.29, 0.717) is 13.2 Å². The maximum Gasteiger partial charge on any atom is 0.225 e. The first-order chi connectivity index (χ1) is 11.7. The second-order valence-electron chi connectivity index (χ2n) is 6.42. The van der Waals surface area contributed by atoms with Gasteiger partial charge < -0.3 is 19.0 Å². The van der Waals surface area contributed by atoms with Gasteiger partial charge in [0.25, 0.3) is 0 Å². The lowest BCUT2D eigenvalue weighted by atomic mass is 10.3. The van der Waals surface area contributed by atoms with E-state index < -0.39 is 0 Å². The Morgan fingerprint density at radius 1 is 1.08 bits per heavy atom. The zero-order valence-electron chi connectivity index (χ0n) is 13.9. The summed E-state index contributed by atoms with van der Waals surface area (Å²) in [6, 6.07) is 1.99. The molecule has 7 nitrogen and oxygen atoms in total. The summed E-state index contributed by atoms with van der Waals surface area (Å²) in [7, 11) is 2.16. The van der Waals surface area contributed by atoms with E-state index in [1.807, 2.05) is 6.07 Å². The number of likely N-dealkylation sites (N-methyl/N-ethyl adjacent to an activating group) is 1. The van der Waals surface area contributed by atoms with E-state index >= 15 is 0 Å². The molecular formula is C16H22ClN5O2. The Hall–Kier alpha value is -1.41. The predicted molar refractivity (Wildman–Crippen MR) is 92.6 cm³/mol. The van der Waals surface area contributed by atoms with Crippen LogP contribution in [-0.4, -0.2) is 79.3 Å². The zero-order chi connectivity index (χ0) is 16.5. The van der Waals surface area contributed by atoms with Crippen LogP contribution in [-0.2, 0) is 11.3 Å². The van der Waals surface area contributed by atoms with Crippen molar-refractivity contribution >= 4 is 28.5 Å². The number of fused-ring (bicyclic) bond motifs is 1. The Labute approximate surface area is 146 Å². The van der Waals surface area contributed by atoms with Crippen molar-refractivity contribution in [3.8, 4) is 0 Å². The molecule has 0 aromatic carbocycles. The van der Waals surface area contributed by atoms with Gasteiger partial charge in [0.05, 0.1) is 19.8 Å². The molecule has 2 aromatic heterocycles. The number of furan rings is 1. The van der Waals surface area contributed by atoms with Crippen LogP contribution < -0.4 is 4.90 Å². The van der Waals surface area contributed by atoms with Gasteiger partial charge in [-0.2, -0.15) is 4.98 Å². The lowest BCUT2D eigenvalue weighted by molar-refractivity contribution is 0.122. The normalized spacial score (nSPS) is 20.8. The van der Waals surface area contributed by atoms with Crippen molar-refractivity contribution < 1.29 is 9.15 Å². The van der Waals surface area contributed by atoms with Crippen molar-refractivity contribution in [2.75, 3.05) is 64.4 Å². The molecule has 0 amide bonds. The molecule has 4 rings (SSSR count). The number of aromatic nitrogens is 2. The SMILES string of the molecule is CN1CCN(Cc2cc3nc(Cl)nc(N4CCOCC4)c3o2)CC1. The van der Waals surface area contributed by atoms with Gasteiger partial charge in [0.1, 0.15) is 11.3 Å². The molecule has 0 saturated carbocycles. The van der Waals surface area contributed by atoms with Gasteiger partial charge in [0, 0.05) is 45.3 Å². The molecule has 2 fully saturated rings. The Kier molecular flexibility index (Phi) is 4.58. The minimum Gasteiger partial charge on any atom is -0.454 e.